The summed E-state index contributed by atoms with van der Waals surface area (Å²) in [6, 6.07) is 21.9. The molecule has 3 aromatic carbocycles. The van der Waals surface area contributed by atoms with E-state index in [2.05, 4.69) is 10.6 Å². The van der Waals surface area contributed by atoms with Crippen molar-refractivity contribution in [2.24, 2.45) is 0 Å². The third kappa shape index (κ3) is 5.80. The molecule has 3 N–H and O–H groups in total. The van der Waals surface area contributed by atoms with Crippen LogP contribution >= 0.6 is 12.2 Å². The molecule has 1 amide bonds. The smallest absolute Gasteiger partial charge is 0.257 e. The lowest BCUT2D eigenvalue weighted by molar-refractivity contribution is 0.0977. The van der Waals surface area contributed by atoms with E-state index in [9.17, 15) is 9.90 Å². The van der Waals surface area contributed by atoms with Crippen LogP contribution in [0.3, 0.4) is 0 Å². The first-order valence-corrected chi connectivity index (χ1v) is 9.67. The summed E-state index contributed by atoms with van der Waals surface area (Å²) in [5.41, 5.74) is 3.03. The molecule has 0 saturated heterocycles. The number of phenolic OH excluding ortho intramolecular Hbond substituents is 1. The van der Waals surface area contributed by atoms with Crippen molar-refractivity contribution < 1.29 is 14.6 Å². The Balaban J connectivity index is 1.55. The number of hydrogen-bond donors (Lipinski definition) is 3. The van der Waals surface area contributed by atoms with E-state index in [4.69, 9.17) is 17.0 Å². The van der Waals surface area contributed by atoms with Crippen molar-refractivity contribution in [1.29, 1.82) is 0 Å². The predicted octanol–water partition coefficient (Wildman–Crippen LogP) is 4.66. The largest absolute Gasteiger partial charge is 0.506 e. The van der Waals surface area contributed by atoms with E-state index in [1.54, 1.807) is 36.4 Å². The molecule has 0 radical (unpaired) electrons. The van der Waals surface area contributed by atoms with Gasteiger partial charge in [0.05, 0.1) is 5.69 Å². The molecule has 29 heavy (non-hydrogen) atoms. The standard InChI is InChI=1S/C23H22N2O3S/c1-2-16-8-13-21(26)20(14-16)24-23(29)25-22(27)18-9-11-19(12-10-18)28-15-17-6-4-3-5-7-17/h3-14,26H,2,15H2,1H3,(H2,24,25,27,29). The second kappa shape index (κ2) is 9.71. The van der Waals surface area contributed by atoms with Gasteiger partial charge in [-0.2, -0.15) is 0 Å². The number of ether oxygens (including phenoxy) is 1. The van der Waals surface area contributed by atoms with Crippen molar-refractivity contribution >= 4 is 28.9 Å². The minimum absolute atomic E-state index is 0.0683. The van der Waals surface area contributed by atoms with Gasteiger partial charge in [-0.05, 0) is 66.2 Å². The third-order valence-corrected chi connectivity index (χ3v) is 4.51. The predicted molar refractivity (Wildman–Crippen MR) is 118 cm³/mol. The molecule has 6 heteroatoms. The maximum absolute atomic E-state index is 12.4. The lowest BCUT2D eigenvalue weighted by atomic mass is 10.1. The summed E-state index contributed by atoms with van der Waals surface area (Å²) in [4.78, 5) is 12.4. The summed E-state index contributed by atoms with van der Waals surface area (Å²) in [5, 5.41) is 15.5. The molecule has 0 spiro atoms. The molecule has 0 aliphatic rings. The van der Waals surface area contributed by atoms with E-state index in [1.165, 1.54) is 0 Å². The highest BCUT2D eigenvalue weighted by Crippen LogP contribution is 2.24. The Bertz CT molecular complexity index is 989. The van der Waals surface area contributed by atoms with E-state index in [-0.39, 0.29) is 16.8 Å². The van der Waals surface area contributed by atoms with Gasteiger partial charge in [-0.3, -0.25) is 10.1 Å². The topological polar surface area (TPSA) is 70.6 Å². The average Bonchev–Trinajstić information content (AvgIpc) is 2.75. The van der Waals surface area contributed by atoms with Crippen LogP contribution in [0.2, 0.25) is 0 Å². The summed E-state index contributed by atoms with van der Waals surface area (Å²) in [6.45, 7) is 2.48. The average molecular weight is 407 g/mol. The molecule has 0 heterocycles. The summed E-state index contributed by atoms with van der Waals surface area (Å²) >= 11 is 5.19. The zero-order valence-electron chi connectivity index (χ0n) is 16.0. The Morgan fingerprint density at radius 2 is 1.72 bits per heavy atom. The van der Waals surface area contributed by atoms with Crippen molar-refractivity contribution in [2.75, 3.05) is 5.32 Å². The van der Waals surface area contributed by atoms with E-state index in [0.29, 0.717) is 23.6 Å². The number of carbonyl (C=O) groups excluding carboxylic acids is 1. The van der Waals surface area contributed by atoms with Gasteiger partial charge in [0.2, 0.25) is 0 Å². The monoisotopic (exact) mass is 406 g/mol. The maximum atomic E-state index is 12.4. The molecule has 0 bridgehead atoms. The van der Waals surface area contributed by atoms with Crippen molar-refractivity contribution in [3.8, 4) is 11.5 Å². The number of amides is 1. The quantitative estimate of drug-likeness (QED) is 0.410. The van der Waals surface area contributed by atoms with Crippen LogP contribution in [-0.2, 0) is 13.0 Å². The molecule has 0 aromatic heterocycles. The number of aromatic hydroxyl groups is 1. The highest BCUT2D eigenvalue weighted by Gasteiger charge is 2.10. The van der Waals surface area contributed by atoms with Crippen molar-refractivity contribution in [1.82, 2.24) is 5.32 Å². The van der Waals surface area contributed by atoms with Crippen LogP contribution < -0.4 is 15.4 Å². The zero-order valence-corrected chi connectivity index (χ0v) is 16.8. The Labute approximate surface area is 175 Å². The number of rotatable bonds is 6. The van der Waals surface area contributed by atoms with Gasteiger partial charge in [0, 0.05) is 5.56 Å². The molecule has 3 aromatic rings. The fraction of sp³-hybridized carbons (Fsp3) is 0.130. The van der Waals surface area contributed by atoms with Crippen LogP contribution in [0.5, 0.6) is 11.5 Å². The fourth-order valence-electron chi connectivity index (χ4n) is 2.68. The number of anilines is 1. The molecule has 5 nitrogen and oxygen atoms in total. The van der Waals surface area contributed by atoms with Crippen molar-refractivity contribution in [3.05, 3.63) is 89.5 Å². The van der Waals surface area contributed by atoms with Gasteiger partial charge < -0.3 is 15.2 Å². The minimum atomic E-state index is -0.344. The van der Waals surface area contributed by atoms with E-state index in [0.717, 1.165) is 17.5 Å². The van der Waals surface area contributed by atoms with Gasteiger partial charge in [-0.15, -0.1) is 0 Å². The number of thiocarbonyl (C=S) groups is 1. The Hall–Kier alpha value is -3.38. The van der Waals surface area contributed by atoms with Crippen LogP contribution in [0.1, 0.15) is 28.4 Å². The van der Waals surface area contributed by atoms with E-state index < -0.39 is 0 Å². The highest BCUT2D eigenvalue weighted by atomic mass is 32.1. The molecule has 0 aliphatic heterocycles. The molecule has 0 saturated carbocycles. The molecule has 0 unspecified atom stereocenters. The van der Waals surface area contributed by atoms with Gasteiger partial charge in [0.1, 0.15) is 18.1 Å². The van der Waals surface area contributed by atoms with Crippen LogP contribution in [0.25, 0.3) is 0 Å². The summed E-state index contributed by atoms with van der Waals surface area (Å²) in [7, 11) is 0. The SMILES string of the molecule is CCc1ccc(O)c(NC(=S)NC(=O)c2ccc(OCc3ccccc3)cc2)c1. The first-order chi connectivity index (χ1) is 14.0. The molecular formula is C23H22N2O3S. The molecule has 0 atom stereocenters. The van der Waals surface area contributed by atoms with E-state index in [1.807, 2.05) is 43.3 Å². The third-order valence-electron chi connectivity index (χ3n) is 4.31. The second-order valence-corrected chi connectivity index (χ2v) is 6.82. The van der Waals surface area contributed by atoms with Crippen LogP contribution in [-0.4, -0.2) is 16.1 Å². The number of phenols is 1. The van der Waals surface area contributed by atoms with Gasteiger partial charge in [0.15, 0.2) is 5.11 Å². The molecule has 0 aliphatic carbocycles. The van der Waals surface area contributed by atoms with Crippen molar-refractivity contribution in [3.63, 3.8) is 0 Å². The summed E-state index contributed by atoms with van der Waals surface area (Å²) in [6.07, 6.45) is 0.826. The molecular weight excluding hydrogens is 384 g/mol. The molecule has 0 fully saturated rings. The summed E-state index contributed by atoms with van der Waals surface area (Å²) in [5.74, 6) is 0.398. The number of hydrogen-bond acceptors (Lipinski definition) is 4. The maximum Gasteiger partial charge on any atom is 0.257 e. The summed E-state index contributed by atoms with van der Waals surface area (Å²) < 4.78 is 5.72. The Morgan fingerprint density at radius 1 is 1.00 bits per heavy atom. The lowest BCUT2D eigenvalue weighted by Gasteiger charge is -2.12. The fourth-order valence-corrected chi connectivity index (χ4v) is 2.88. The zero-order chi connectivity index (χ0) is 20.6. The molecule has 3 rings (SSSR count). The first kappa shape index (κ1) is 20.4. The number of nitrogens with one attached hydrogen (secondary N) is 2. The van der Waals surface area contributed by atoms with Crippen LogP contribution in [0.15, 0.2) is 72.8 Å². The lowest BCUT2D eigenvalue weighted by Crippen LogP contribution is -2.34. The number of carbonyl (C=O) groups is 1. The van der Waals surface area contributed by atoms with Crippen LogP contribution in [0.4, 0.5) is 5.69 Å². The number of aryl methyl sites for hydroxylation is 1. The molecule has 148 valence electrons. The van der Waals surface area contributed by atoms with Gasteiger partial charge >= 0.3 is 0 Å². The van der Waals surface area contributed by atoms with Gasteiger partial charge in [0.25, 0.3) is 5.91 Å². The Morgan fingerprint density at radius 3 is 2.41 bits per heavy atom. The first-order valence-electron chi connectivity index (χ1n) is 9.26. The van der Waals surface area contributed by atoms with Crippen molar-refractivity contribution in [2.45, 2.75) is 20.0 Å². The van der Waals surface area contributed by atoms with Crippen LogP contribution in [0, 0.1) is 0 Å². The number of benzene rings is 3. The van der Waals surface area contributed by atoms with E-state index >= 15 is 0 Å². The highest BCUT2D eigenvalue weighted by molar-refractivity contribution is 7.80. The van der Waals surface area contributed by atoms with Gasteiger partial charge in [-0.25, -0.2) is 0 Å². The minimum Gasteiger partial charge on any atom is -0.506 e. The Kier molecular flexibility index (Phi) is 6.81. The second-order valence-electron chi connectivity index (χ2n) is 6.41. The normalized spacial score (nSPS) is 10.2. The van der Waals surface area contributed by atoms with Gasteiger partial charge in [-0.1, -0.05) is 43.3 Å².